The lowest BCUT2D eigenvalue weighted by atomic mass is 9.94. The number of ketones is 1. The highest BCUT2D eigenvalue weighted by molar-refractivity contribution is 6.31. The maximum Gasteiger partial charge on any atom is 0.294 e. The van der Waals surface area contributed by atoms with E-state index < -0.39 is 23.5 Å². The standard InChI is InChI=1S/C33H24ClNO6/c1-19-9-6-7-14-25(19)35-29(20-10-8-13-24(16-20)40-23-11-4-3-5-12-23)28(31(37)33(35)38)30(36)26-17-21-15-22(34)18-27(39-2)32(21)41-26/h3-18,29,37H,1-2H3. The summed E-state index contributed by atoms with van der Waals surface area (Å²) >= 11 is 6.22. The summed E-state index contributed by atoms with van der Waals surface area (Å²) in [5.41, 5.74) is 2.14. The van der Waals surface area contributed by atoms with Crippen LogP contribution in [0.1, 0.15) is 27.7 Å². The number of hydrogen-bond donors (Lipinski definition) is 1. The van der Waals surface area contributed by atoms with Gasteiger partial charge in [-0.05, 0) is 60.5 Å². The molecule has 0 saturated carbocycles. The topological polar surface area (TPSA) is 89.2 Å². The Labute approximate surface area is 240 Å². The van der Waals surface area contributed by atoms with Gasteiger partial charge in [-0.25, -0.2) is 0 Å². The number of halogens is 1. The molecule has 1 aromatic heterocycles. The fourth-order valence-corrected chi connectivity index (χ4v) is 5.31. The SMILES string of the molecule is COc1cc(Cl)cc2cc(C(=O)C3=C(O)C(=O)N(c4ccccc4C)C3c3cccc(Oc4ccccc4)c3)oc12. The number of anilines is 1. The van der Waals surface area contributed by atoms with Crippen molar-refractivity contribution in [1.82, 2.24) is 0 Å². The Morgan fingerprint density at radius 1 is 0.927 bits per heavy atom. The molecule has 0 saturated heterocycles. The quantitative estimate of drug-likeness (QED) is 0.201. The van der Waals surface area contributed by atoms with Crippen LogP contribution in [0, 0.1) is 6.92 Å². The van der Waals surface area contributed by atoms with Gasteiger partial charge in [0.25, 0.3) is 5.91 Å². The summed E-state index contributed by atoms with van der Waals surface area (Å²) in [5.74, 6) is -0.554. The number of rotatable bonds is 7. The zero-order chi connectivity index (χ0) is 28.7. The molecular formula is C33H24ClNO6. The third-order valence-corrected chi connectivity index (χ3v) is 7.19. The third-order valence-electron chi connectivity index (χ3n) is 6.97. The van der Waals surface area contributed by atoms with Crippen LogP contribution in [0.4, 0.5) is 5.69 Å². The molecule has 6 rings (SSSR count). The van der Waals surface area contributed by atoms with Crippen LogP contribution in [0.2, 0.25) is 5.02 Å². The molecule has 0 radical (unpaired) electrons. The van der Waals surface area contributed by atoms with E-state index in [1.54, 1.807) is 48.5 Å². The minimum atomic E-state index is -0.964. The predicted octanol–water partition coefficient (Wildman–Crippen LogP) is 7.98. The Bertz CT molecular complexity index is 1840. The van der Waals surface area contributed by atoms with Crippen molar-refractivity contribution >= 4 is 39.9 Å². The predicted molar refractivity (Wildman–Crippen MR) is 156 cm³/mol. The Hall–Kier alpha value is -5.01. The van der Waals surface area contributed by atoms with Crippen molar-refractivity contribution in [2.45, 2.75) is 13.0 Å². The van der Waals surface area contributed by atoms with Crippen LogP contribution in [0.3, 0.4) is 0 Å². The van der Waals surface area contributed by atoms with Gasteiger partial charge in [0.1, 0.15) is 11.5 Å². The second-order valence-corrected chi connectivity index (χ2v) is 10.0. The number of para-hydroxylation sites is 2. The molecule has 2 heterocycles. The molecule has 0 bridgehead atoms. The van der Waals surface area contributed by atoms with Crippen molar-refractivity contribution in [2.75, 3.05) is 12.0 Å². The fraction of sp³-hybridized carbons (Fsp3) is 0.0909. The summed E-state index contributed by atoms with van der Waals surface area (Å²) in [5, 5.41) is 12.2. The molecule has 0 spiro atoms. The van der Waals surface area contributed by atoms with E-state index in [1.807, 2.05) is 49.4 Å². The first-order valence-electron chi connectivity index (χ1n) is 12.8. The van der Waals surface area contributed by atoms with Gasteiger partial charge < -0.3 is 19.0 Å². The number of furan rings is 1. The molecule has 1 unspecified atom stereocenters. The van der Waals surface area contributed by atoms with E-state index in [4.69, 9.17) is 25.5 Å². The molecule has 5 aromatic rings. The second kappa shape index (κ2) is 10.5. The van der Waals surface area contributed by atoms with E-state index in [1.165, 1.54) is 18.1 Å². The third kappa shape index (κ3) is 4.70. The molecule has 1 atom stereocenters. The monoisotopic (exact) mass is 565 g/mol. The average Bonchev–Trinajstić information content (AvgIpc) is 3.52. The highest BCUT2D eigenvalue weighted by atomic mass is 35.5. The number of Topliss-reactive ketones (excluding diaryl/α,β-unsaturated/α-hetero) is 1. The smallest absolute Gasteiger partial charge is 0.294 e. The number of carbonyl (C=O) groups is 2. The van der Waals surface area contributed by atoms with E-state index >= 15 is 0 Å². The van der Waals surface area contributed by atoms with E-state index in [9.17, 15) is 14.7 Å². The van der Waals surface area contributed by atoms with Crippen molar-refractivity contribution < 1.29 is 28.6 Å². The van der Waals surface area contributed by atoms with E-state index in [0.29, 0.717) is 44.5 Å². The van der Waals surface area contributed by atoms with Crippen molar-refractivity contribution in [2.24, 2.45) is 0 Å². The molecule has 1 aliphatic heterocycles. The zero-order valence-electron chi connectivity index (χ0n) is 22.1. The van der Waals surface area contributed by atoms with Crippen LogP contribution in [-0.2, 0) is 4.79 Å². The van der Waals surface area contributed by atoms with Crippen molar-refractivity contribution in [3.05, 3.63) is 130 Å². The lowest BCUT2D eigenvalue weighted by Crippen LogP contribution is -2.31. The molecular weight excluding hydrogens is 542 g/mol. The summed E-state index contributed by atoms with van der Waals surface area (Å²) in [6.45, 7) is 1.86. The normalized spacial score (nSPS) is 15.0. The number of aryl methyl sites for hydroxylation is 1. The van der Waals surface area contributed by atoms with Crippen molar-refractivity contribution in [3.63, 3.8) is 0 Å². The number of ether oxygens (including phenoxy) is 2. The molecule has 1 N–H and O–H groups in total. The van der Waals surface area contributed by atoms with Crippen LogP contribution in [0.15, 0.2) is 113 Å². The van der Waals surface area contributed by atoms with Gasteiger partial charge in [-0.3, -0.25) is 14.5 Å². The second-order valence-electron chi connectivity index (χ2n) is 9.58. The van der Waals surface area contributed by atoms with E-state index in [2.05, 4.69) is 0 Å². The molecule has 41 heavy (non-hydrogen) atoms. The number of nitrogens with zero attached hydrogens (tertiary/aromatic N) is 1. The summed E-state index contributed by atoms with van der Waals surface area (Å²) in [6.07, 6.45) is 0. The largest absolute Gasteiger partial charge is 0.503 e. The first-order valence-corrected chi connectivity index (χ1v) is 13.2. The minimum absolute atomic E-state index is 0.0664. The highest BCUT2D eigenvalue weighted by Gasteiger charge is 2.46. The first kappa shape index (κ1) is 26.2. The van der Waals surface area contributed by atoms with Gasteiger partial charge in [-0.15, -0.1) is 0 Å². The first-order chi connectivity index (χ1) is 19.9. The molecule has 0 fully saturated rings. The number of amides is 1. The Kier molecular flexibility index (Phi) is 6.73. The number of fused-ring (bicyclic) bond motifs is 1. The summed E-state index contributed by atoms with van der Waals surface area (Å²) in [7, 11) is 1.47. The fourth-order valence-electron chi connectivity index (χ4n) is 5.09. The number of carbonyl (C=O) groups excluding carboxylic acids is 2. The maximum atomic E-state index is 14.1. The lowest BCUT2D eigenvalue weighted by molar-refractivity contribution is -0.117. The lowest BCUT2D eigenvalue weighted by Gasteiger charge is -2.28. The Morgan fingerprint density at radius 2 is 1.66 bits per heavy atom. The molecule has 1 aliphatic rings. The average molecular weight is 566 g/mol. The highest BCUT2D eigenvalue weighted by Crippen LogP contribution is 2.44. The van der Waals surface area contributed by atoms with Gasteiger partial charge >= 0.3 is 0 Å². The number of methoxy groups -OCH3 is 1. The summed E-state index contributed by atoms with van der Waals surface area (Å²) < 4.78 is 17.3. The van der Waals surface area contributed by atoms with Crippen LogP contribution in [-0.4, -0.2) is 23.9 Å². The summed E-state index contributed by atoms with van der Waals surface area (Å²) in [6, 6.07) is 27.5. The number of benzene rings is 4. The van der Waals surface area contributed by atoms with E-state index in [-0.39, 0.29) is 11.3 Å². The van der Waals surface area contributed by atoms with Crippen LogP contribution in [0.5, 0.6) is 17.2 Å². The zero-order valence-corrected chi connectivity index (χ0v) is 22.9. The van der Waals surface area contributed by atoms with Gasteiger partial charge in [-0.1, -0.05) is 60.1 Å². The van der Waals surface area contributed by atoms with Crippen LogP contribution >= 0.6 is 11.6 Å². The van der Waals surface area contributed by atoms with Gasteiger partial charge in [0.05, 0.1) is 18.7 Å². The van der Waals surface area contributed by atoms with Crippen molar-refractivity contribution in [3.8, 4) is 17.2 Å². The molecule has 1 amide bonds. The van der Waals surface area contributed by atoms with Crippen molar-refractivity contribution in [1.29, 1.82) is 0 Å². The minimum Gasteiger partial charge on any atom is -0.503 e. The molecule has 8 heteroatoms. The van der Waals surface area contributed by atoms with Crippen LogP contribution < -0.4 is 14.4 Å². The van der Waals surface area contributed by atoms with Gasteiger partial charge in [0.15, 0.2) is 22.9 Å². The van der Waals surface area contributed by atoms with E-state index in [0.717, 1.165) is 5.56 Å². The Balaban J connectivity index is 1.49. The Morgan fingerprint density at radius 3 is 2.41 bits per heavy atom. The maximum absolute atomic E-state index is 14.1. The molecule has 204 valence electrons. The molecule has 4 aromatic carbocycles. The number of aliphatic hydroxyl groups is 1. The molecule has 7 nitrogen and oxygen atoms in total. The van der Waals surface area contributed by atoms with Gasteiger partial charge in [-0.2, -0.15) is 0 Å². The molecule has 0 aliphatic carbocycles. The number of aliphatic hydroxyl groups excluding tert-OH is 1. The van der Waals surface area contributed by atoms with Crippen LogP contribution in [0.25, 0.3) is 11.0 Å². The van der Waals surface area contributed by atoms with Gasteiger partial charge in [0, 0.05) is 22.2 Å². The number of hydrogen-bond acceptors (Lipinski definition) is 6. The summed E-state index contributed by atoms with van der Waals surface area (Å²) in [4.78, 5) is 29.2. The van der Waals surface area contributed by atoms with Gasteiger partial charge in [0.2, 0.25) is 5.78 Å².